The highest BCUT2D eigenvalue weighted by Crippen LogP contribution is 1.82. The highest BCUT2D eigenvalue weighted by atomic mass is 16.4. The van der Waals surface area contributed by atoms with Gasteiger partial charge in [0.25, 0.3) is 0 Å². The molecule has 6 N–H and O–H groups in total. The first-order valence-electron chi connectivity index (χ1n) is 7.79. The number of aliphatic hydroxyl groups excluding tert-OH is 1. The Balaban J connectivity index is -0.000000349. The molecule has 0 fully saturated rings. The van der Waals surface area contributed by atoms with Gasteiger partial charge in [-0.3, -0.25) is 9.97 Å². The Morgan fingerprint density at radius 1 is 0.767 bits per heavy atom. The fourth-order valence-electron chi connectivity index (χ4n) is 0.756. The third kappa shape index (κ3) is 17.4. The van der Waals surface area contributed by atoms with Crippen LogP contribution < -0.4 is 17.1 Å². The molecule has 0 saturated heterocycles. The lowest BCUT2D eigenvalue weighted by Gasteiger charge is -1.97. The molecule has 0 unspecified atom stereocenters. The number of aliphatic hydroxyl groups is 1. The molecule has 0 bridgehead atoms. The fraction of sp³-hybridized carbons (Fsp3) is 0.294. The molecule has 168 valence electrons. The van der Waals surface area contributed by atoms with Gasteiger partial charge in [-0.1, -0.05) is 19.7 Å². The number of carbonyl (C=O) groups is 3. The molecular formula is C17H25N3O10. The second kappa shape index (κ2) is 16.0. The van der Waals surface area contributed by atoms with Crippen molar-refractivity contribution in [2.75, 3.05) is 6.61 Å². The molecule has 0 aliphatic rings. The molecule has 0 aliphatic carbocycles. The topological polar surface area (TPSA) is 220 Å². The van der Waals surface area contributed by atoms with Gasteiger partial charge in [-0.15, -0.1) is 0 Å². The number of H-pyrrole nitrogens is 2. The zero-order valence-electron chi connectivity index (χ0n) is 16.7. The normalized spacial score (nSPS) is 8.53. The van der Waals surface area contributed by atoms with E-state index in [1.807, 2.05) is 9.97 Å². The first-order chi connectivity index (χ1) is 13.6. The zero-order chi connectivity index (χ0) is 24.6. The van der Waals surface area contributed by atoms with E-state index in [0.29, 0.717) is 4.57 Å². The van der Waals surface area contributed by atoms with E-state index in [0.717, 1.165) is 0 Å². The molecule has 0 saturated carbocycles. The van der Waals surface area contributed by atoms with E-state index in [1.54, 1.807) is 0 Å². The third-order valence-electron chi connectivity index (χ3n) is 2.35. The number of carboxylic acids is 3. The smallest absolute Gasteiger partial charge is 0.333 e. The van der Waals surface area contributed by atoms with E-state index in [9.17, 15) is 28.8 Å². The molecule has 1 aromatic heterocycles. The summed E-state index contributed by atoms with van der Waals surface area (Å²) >= 11 is 0. The molecule has 30 heavy (non-hydrogen) atoms. The quantitative estimate of drug-likeness (QED) is 0.317. The summed E-state index contributed by atoms with van der Waals surface area (Å²) in [6.07, 6.45) is 0. The van der Waals surface area contributed by atoms with E-state index in [4.69, 9.17) is 20.4 Å². The van der Waals surface area contributed by atoms with Crippen LogP contribution >= 0.6 is 0 Å². The van der Waals surface area contributed by atoms with Crippen molar-refractivity contribution in [2.45, 2.75) is 27.3 Å². The van der Waals surface area contributed by atoms with Crippen LogP contribution in [0.2, 0.25) is 0 Å². The van der Waals surface area contributed by atoms with Crippen molar-refractivity contribution < 1.29 is 34.8 Å². The Kier molecular flexibility index (Phi) is 16.4. The van der Waals surface area contributed by atoms with Crippen LogP contribution in [0.3, 0.4) is 0 Å². The number of nitrogens with zero attached hydrogens (tertiary/aromatic N) is 1. The van der Waals surface area contributed by atoms with E-state index >= 15 is 0 Å². The van der Waals surface area contributed by atoms with Gasteiger partial charge in [-0.05, 0) is 20.8 Å². The molecule has 1 rings (SSSR count). The monoisotopic (exact) mass is 431 g/mol. The number of aromatic nitrogens is 3. The molecular weight excluding hydrogens is 406 g/mol. The van der Waals surface area contributed by atoms with Crippen molar-refractivity contribution in [3.8, 4) is 0 Å². The van der Waals surface area contributed by atoms with Gasteiger partial charge in [0.1, 0.15) is 0 Å². The van der Waals surface area contributed by atoms with Crippen LogP contribution in [0.15, 0.2) is 50.8 Å². The van der Waals surface area contributed by atoms with Crippen molar-refractivity contribution in [3.05, 3.63) is 67.9 Å². The lowest BCUT2D eigenvalue weighted by Crippen LogP contribution is -2.43. The van der Waals surface area contributed by atoms with Crippen LogP contribution in [0.25, 0.3) is 0 Å². The highest BCUT2D eigenvalue weighted by molar-refractivity contribution is 5.85. The molecule has 13 heteroatoms. The van der Waals surface area contributed by atoms with Crippen LogP contribution in [-0.2, 0) is 20.9 Å². The number of aliphatic carboxylic acids is 3. The molecule has 0 aliphatic heterocycles. The van der Waals surface area contributed by atoms with Crippen molar-refractivity contribution in [2.24, 2.45) is 0 Å². The van der Waals surface area contributed by atoms with Gasteiger partial charge in [0.15, 0.2) is 0 Å². The van der Waals surface area contributed by atoms with E-state index in [2.05, 4.69) is 19.7 Å². The fourth-order valence-corrected chi connectivity index (χ4v) is 0.756. The van der Waals surface area contributed by atoms with Gasteiger partial charge in [0.05, 0.1) is 13.2 Å². The number of nitrogens with one attached hydrogen (secondary N) is 2. The number of hydrogen-bond acceptors (Lipinski definition) is 7. The lowest BCUT2D eigenvalue weighted by molar-refractivity contribution is -0.133. The predicted octanol–water partition coefficient (Wildman–Crippen LogP) is -0.841. The second-order valence-electron chi connectivity index (χ2n) is 5.32. The van der Waals surface area contributed by atoms with Crippen molar-refractivity contribution >= 4 is 17.9 Å². The SMILES string of the molecule is C=C(C)C(=O)O.C=C(C)C(=O)O.C=C(C)C(=O)O.O=c1[nH]c(=O)n(CCO)c(=O)[nH]1. The van der Waals surface area contributed by atoms with Crippen LogP contribution in [0.4, 0.5) is 0 Å². The molecule has 0 amide bonds. The minimum atomic E-state index is -0.935. The van der Waals surface area contributed by atoms with Gasteiger partial charge in [-0.25, -0.2) is 33.3 Å². The third-order valence-corrected chi connectivity index (χ3v) is 2.35. The van der Waals surface area contributed by atoms with Crippen molar-refractivity contribution in [1.82, 2.24) is 14.5 Å². The summed E-state index contributed by atoms with van der Waals surface area (Å²) in [5.41, 5.74) is -1.96. The Bertz CT molecular complexity index is 822. The van der Waals surface area contributed by atoms with Gasteiger partial charge in [0.2, 0.25) is 0 Å². The Morgan fingerprint density at radius 3 is 1.17 bits per heavy atom. The maximum absolute atomic E-state index is 10.8. The number of carboxylic acid groups (broad SMARTS) is 3. The summed E-state index contributed by atoms with van der Waals surface area (Å²) in [5, 5.41) is 32.1. The van der Waals surface area contributed by atoms with Crippen LogP contribution in [0.1, 0.15) is 20.8 Å². The Morgan fingerprint density at radius 2 is 1.00 bits per heavy atom. The highest BCUT2D eigenvalue weighted by Gasteiger charge is 2.00. The molecule has 1 heterocycles. The minimum absolute atomic E-state index is 0.134. The summed E-state index contributed by atoms with van der Waals surface area (Å²) in [4.78, 5) is 64.6. The zero-order valence-corrected chi connectivity index (χ0v) is 16.7. The average molecular weight is 431 g/mol. The predicted molar refractivity (Wildman–Crippen MR) is 106 cm³/mol. The van der Waals surface area contributed by atoms with E-state index < -0.39 is 35.0 Å². The summed E-state index contributed by atoms with van der Waals surface area (Å²) in [7, 11) is 0. The molecule has 0 radical (unpaired) electrons. The second-order valence-corrected chi connectivity index (χ2v) is 5.32. The van der Waals surface area contributed by atoms with Gasteiger partial charge >= 0.3 is 35.0 Å². The van der Waals surface area contributed by atoms with Crippen molar-refractivity contribution in [3.63, 3.8) is 0 Å². The van der Waals surface area contributed by atoms with E-state index in [-0.39, 0.29) is 29.9 Å². The summed E-state index contributed by atoms with van der Waals surface area (Å²) in [6.45, 7) is 13.3. The molecule has 13 nitrogen and oxygen atoms in total. The number of rotatable bonds is 5. The van der Waals surface area contributed by atoms with Crippen LogP contribution in [-0.4, -0.2) is 59.5 Å². The Labute approximate surface area is 170 Å². The first kappa shape index (κ1) is 30.7. The number of aromatic amines is 2. The van der Waals surface area contributed by atoms with E-state index in [1.165, 1.54) is 20.8 Å². The standard InChI is InChI=1S/C5H7N3O4.3C4H6O2/c9-2-1-8-4(11)6-3(10)7-5(8)12;3*1-3(2)4(5)6/h9H,1-2H2,(H2,6,7,10,11,12);3*1H2,2H3,(H,5,6). The molecule has 0 aromatic carbocycles. The minimum Gasteiger partial charge on any atom is -0.478 e. The summed E-state index contributed by atoms with van der Waals surface area (Å²) in [5.74, 6) is -2.81. The van der Waals surface area contributed by atoms with Gasteiger partial charge in [-0.2, -0.15) is 0 Å². The van der Waals surface area contributed by atoms with Gasteiger partial charge < -0.3 is 20.4 Å². The maximum atomic E-state index is 10.8. The van der Waals surface area contributed by atoms with Crippen LogP contribution in [0, 0.1) is 0 Å². The summed E-state index contributed by atoms with van der Waals surface area (Å²) in [6, 6.07) is 0. The summed E-state index contributed by atoms with van der Waals surface area (Å²) < 4.78 is 0.696. The van der Waals surface area contributed by atoms with Crippen LogP contribution in [0.5, 0.6) is 0 Å². The molecule has 0 atom stereocenters. The largest absolute Gasteiger partial charge is 0.478 e. The maximum Gasteiger partial charge on any atom is 0.333 e. The molecule has 0 spiro atoms. The van der Waals surface area contributed by atoms with Gasteiger partial charge in [0, 0.05) is 16.7 Å². The lowest BCUT2D eigenvalue weighted by atomic mass is 10.4. The Hall–Kier alpha value is -4.00. The molecule has 1 aromatic rings. The number of hydrogen-bond donors (Lipinski definition) is 6. The van der Waals surface area contributed by atoms with Crippen molar-refractivity contribution in [1.29, 1.82) is 0 Å². The average Bonchev–Trinajstić information content (AvgIpc) is 2.59. The first-order valence-corrected chi connectivity index (χ1v) is 7.79.